The van der Waals surface area contributed by atoms with Crippen LogP contribution in [0.2, 0.25) is 0 Å². The summed E-state index contributed by atoms with van der Waals surface area (Å²) in [5, 5.41) is 8.00. The maximum atomic E-state index is 5.30. The van der Waals surface area contributed by atoms with E-state index in [1.54, 1.807) is 25.6 Å². The summed E-state index contributed by atoms with van der Waals surface area (Å²) < 4.78 is 5.01. The first-order valence-corrected chi connectivity index (χ1v) is 9.60. The molecule has 1 aliphatic heterocycles. The third kappa shape index (κ3) is 5.48. The van der Waals surface area contributed by atoms with Gasteiger partial charge in [-0.05, 0) is 42.9 Å². The molecule has 2 aromatic rings. The second-order valence-corrected chi connectivity index (χ2v) is 6.99. The van der Waals surface area contributed by atoms with E-state index in [1.165, 1.54) is 24.6 Å². The fraction of sp³-hybridized carbons (Fsp3) is 0.438. The molecule has 0 spiro atoms. The molecule has 3 heterocycles. The molecule has 1 fully saturated rings. The molecule has 2 N–H and O–H groups in total. The molecule has 0 radical (unpaired) electrons. The van der Waals surface area contributed by atoms with Crippen molar-refractivity contribution >= 4 is 40.9 Å². The van der Waals surface area contributed by atoms with E-state index >= 15 is 0 Å². The molecule has 2 aromatic heterocycles. The molecule has 138 valence electrons. The molecule has 0 atom stereocenters. The van der Waals surface area contributed by atoms with Crippen LogP contribution in [-0.2, 0) is 4.74 Å². The first-order valence-electron chi connectivity index (χ1n) is 8.37. The van der Waals surface area contributed by atoms with Gasteiger partial charge in [-0.25, -0.2) is 15.0 Å². The summed E-state index contributed by atoms with van der Waals surface area (Å²) in [4.78, 5) is 19.9. The van der Waals surface area contributed by atoms with Crippen LogP contribution in [0.4, 0.5) is 11.8 Å². The zero-order chi connectivity index (χ0) is 18.2. The minimum absolute atomic E-state index is 0.461. The van der Waals surface area contributed by atoms with E-state index in [2.05, 4.69) is 35.5 Å². The summed E-state index contributed by atoms with van der Waals surface area (Å²) >= 11 is 6.70. The smallest absolute Gasteiger partial charge is 0.232 e. The zero-order valence-corrected chi connectivity index (χ0v) is 16.1. The Morgan fingerprint density at radius 3 is 2.77 bits per heavy atom. The quantitative estimate of drug-likeness (QED) is 0.316. The highest BCUT2D eigenvalue weighted by molar-refractivity contribution is 7.99. The lowest BCUT2D eigenvalue weighted by Crippen LogP contribution is -2.32. The van der Waals surface area contributed by atoms with Gasteiger partial charge in [0.15, 0.2) is 10.3 Å². The van der Waals surface area contributed by atoms with Crippen molar-refractivity contribution in [1.29, 1.82) is 0 Å². The Morgan fingerprint density at radius 1 is 1.27 bits per heavy atom. The summed E-state index contributed by atoms with van der Waals surface area (Å²) in [5.74, 6) is 1.35. The molecule has 8 nitrogen and oxygen atoms in total. The predicted octanol–water partition coefficient (Wildman–Crippen LogP) is 1.95. The van der Waals surface area contributed by atoms with E-state index in [9.17, 15) is 0 Å². The number of rotatable bonds is 7. The summed E-state index contributed by atoms with van der Waals surface area (Å²) in [6, 6.07) is 3.76. The van der Waals surface area contributed by atoms with Crippen LogP contribution in [-0.4, -0.2) is 58.4 Å². The van der Waals surface area contributed by atoms with Gasteiger partial charge >= 0.3 is 0 Å². The highest BCUT2D eigenvalue weighted by Gasteiger charge is 2.17. The molecule has 1 aliphatic rings. The van der Waals surface area contributed by atoms with E-state index in [1.807, 2.05) is 6.07 Å². The lowest BCUT2D eigenvalue weighted by atomic mass is 10.4. The first-order chi connectivity index (χ1) is 12.7. The van der Waals surface area contributed by atoms with Crippen molar-refractivity contribution in [3.05, 3.63) is 24.5 Å². The lowest BCUT2D eigenvalue weighted by molar-refractivity contribution is 0.204. The van der Waals surface area contributed by atoms with Gasteiger partial charge in [-0.2, -0.15) is 4.98 Å². The minimum Gasteiger partial charge on any atom is -0.383 e. The normalized spacial score (nSPS) is 13.7. The van der Waals surface area contributed by atoms with Crippen molar-refractivity contribution in [2.45, 2.75) is 23.0 Å². The van der Waals surface area contributed by atoms with Crippen LogP contribution in [0, 0.1) is 0 Å². The molecule has 3 rings (SSSR count). The van der Waals surface area contributed by atoms with Crippen LogP contribution >= 0.6 is 24.0 Å². The molecule has 0 saturated carbocycles. The molecule has 0 aliphatic carbocycles. The maximum Gasteiger partial charge on any atom is 0.232 e. The Bertz CT molecular complexity index is 726. The van der Waals surface area contributed by atoms with E-state index in [-0.39, 0.29) is 0 Å². The summed E-state index contributed by atoms with van der Waals surface area (Å²) in [6.45, 7) is 3.19. The van der Waals surface area contributed by atoms with Gasteiger partial charge in [-0.15, -0.1) is 0 Å². The van der Waals surface area contributed by atoms with Crippen LogP contribution in [0.15, 0.2) is 34.7 Å². The number of ether oxygens (including phenoxy) is 1. The van der Waals surface area contributed by atoms with Gasteiger partial charge in [0.2, 0.25) is 5.95 Å². The number of hydrogen-bond acceptors (Lipinski definition) is 8. The Hall–Kier alpha value is -2.04. The van der Waals surface area contributed by atoms with E-state index < -0.39 is 0 Å². The molecule has 10 heteroatoms. The average molecular weight is 392 g/mol. The largest absolute Gasteiger partial charge is 0.383 e. The zero-order valence-electron chi connectivity index (χ0n) is 14.5. The highest BCUT2D eigenvalue weighted by atomic mass is 32.2. The molecular formula is C16H21N7OS2. The van der Waals surface area contributed by atoms with Gasteiger partial charge in [0.1, 0.15) is 10.8 Å². The molecule has 0 bridgehead atoms. The first kappa shape index (κ1) is 18.7. The number of nitrogens with zero attached hydrogens (tertiary/aromatic N) is 5. The standard InChI is InChI=1S/C16H21N7OS2/c1-24-10-7-17-15(25)22-14-20-12(23-8-2-3-9-23)11-13(21-14)26-16-18-5-4-6-19-16/h4-6,11H,2-3,7-10H2,1H3,(H2,17,20,21,22,25). The van der Waals surface area contributed by atoms with Crippen molar-refractivity contribution in [3.63, 3.8) is 0 Å². The Morgan fingerprint density at radius 2 is 2.04 bits per heavy atom. The fourth-order valence-electron chi connectivity index (χ4n) is 2.47. The van der Waals surface area contributed by atoms with Crippen molar-refractivity contribution in [2.75, 3.05) is 43.6 Å². The molecule has 0 unspecified atom stereocenters. The fourth-order valence-corrected chi connectivity index (χ4v) is 3.38. The lowest BCUT2D eigenvalue weighted by Gasteiger charge is -2.18. The van der Waals surface area contributed by atoms with E-state index in [0.717, 1.165) is 23.9 Å². The van der Waals surface area contributed by atoms with E-state index in [4.69, 9.17) is 17.0 Å². The third-order valence-electron chi connectivity index (χ3n) is 3.67. The molecule has 0 aromatic carbocycles. The van der Waals surface area contributed by atoms with Crippen LogP contribution < -0.4 is 15.5 Å². The van der Waals surface area contributed by atoms with E-state index in [0.29, 0.717) is 29.4 Å². The van der Waals surface area contributed by atoms with Crippen molar-refractivity contribution in [1.82, 2.24) is 25.3 Å². The molecule has 26 heavy (non-hydrogen) atoms. The predicted molar refractivity (Wildman–Crippen MR) is 106 cm³/mol. The van der Waals surface area contributed by atoms with Crippen molar-refractivity contribution < 1.29 is 4.74 Å². The van der Waals surface area contributed by atoms with Gasteiger partial charge < -0.3 is 20.3 Å². The summed E-state index contributed by atoms with van der Waals surface area (Å²) in [7, 11) is 1.65. The molecule has 1 saturated heterocycles. The van der Waals surface area contributed by atoms with Crippen LogP contribution in [0.1, 0.15) is 12.8 Å². The second kappa shape index (κ2) is 9.60. The Labute approximate surface area is 162 Å². The van der Waals surface area contributed by atoms with Gasteiger partial charge in [0.05, 0.1) is 6.61 Å². The number of methoxy groups -OCH3 is 1. The molecule has 0 amide bonds. The van der Waals surface area contributed by atoms with Crippen LogP contribution in [0.3, 0.4) is 0 Å². The second-order valence-electron chi connectivity index (χ2n) is 5.59. The van der Waals surface area contributed by atoms with Crippen molar-refractivity contribution in [3.8, 4) is 0 Å². The third-order valence-corrected chi connectivity index (χ3v) is 4.73. The summed E-state index contributed by atoms with van der Waals surface area (Å²) in [6.07, 6.45) is 5.78. The minimum atomic E-state index is 0.461. The number of thiocarbonyl (C=S) groups is 1. The summed E-state index contributed by atoms with van der Waals surface area (Å²) in [5.41, 5.74) is 0. The average Bonchev–Trinajstić information content (AvgIpc) is 3.17. The van der Waals surface area contributed by atoms with Crippen molar-refractivity contribution in [2.24, 2.45) is 0 Å². The van der Waals surface area contributed by atoms with Gasteiger partial charge in [-0.1, -0.05) is 0 Å². The molecular weight excluding hydrogens is 370 g/mol. The van der Waals surface area contributed by atoms with Crippen LogP contribution in [0.25, 0.3) is 0 Å². The van der Waals surface area contributed by atoms with Gasteiger partial charge in [-0.3, -0.25) is 0 Å². The maximum absolute atomic E-state index is 5.30. The number of anilines is 2. The van der Waals surface area contributed by atoms with Crippen LogP contribution in [0.5, 0.6) is 0 Å². The monoisotopic (exact) mass is 391 g/mol. The topological polar surface area (TPSA) is 88.1 Å². The Balaban J connectivity index is 1.77. The SMILES string of the molecule is COCCNC(=S)Nc1nc(Sc2ncccn2)cc(N2CCCC2)n1. The van der Waals surface area contributed by atoms with Gasteiger partial charge in [0, 0.05) is 45.2 Å². The number of aromatic nitrogens is 4. The number of nitrogens with one attached hydrogen (secondary N) is 2. The Kier molecular flexibility index (Phi) is 6.92. The highest BCUT2D eigenvalue weighted by Crippen LogP contribution is 2.28. The number of hydrogen-bond donors (Lipinski definition) is 2. The van der Waals surface area contributed by atoms with Gasteiger partial charge in [0.25, 0.3) is 0 Å².